The number of carbonyl (C=O) groups is 1. The van der Waals surface area contributed by atoms with Gasteiger partial charge in [0, 0.05) is 25.1 Å². The van der Waals surface area contributed by atoms with Gasteiger partial charge >= 0.3 is 0 Å². The Balaban J connectivity index is 1.77. The molecule has 3 rings (SSSR count). The van der Waals surface area contributed by atoms with Gasteiger partial charge in [-0.3, -0.25) is 4.79 Å². The molecule has 0 fully saturated rings. The van der Waals surface area contributed by atoms with Gasteiger partial charge in [0.2, 0.25) is 0 Å². The van der Waals surface area contributed by atoms with Crippen molar-refractivity contribution in [3.8, 4) is 0 Å². The van der Waals surface area contributed by atoms with E-state index in [4.69, 9.17) is 4.74 Å². The van der Waals surface area contributed by atoms with Crippen molar-refractivity contribution in [1.29, 1.82) is 0 Å². The largest absolute Gasteiger partial charge is 0.383 e. The summed E-state index contributed by atoms with van der Waals surface area (Å²) in [5.74, 6) is 0.130. The molecule has 0 saturated carbocycles. The topological polar surface area (TPSA) is 29.5 Å². The predicted molar refractivity (Wildman–Crippen MR) is 94.0 cm³/mol. The number of rotatable bonds is 6. The van der Waals surface area contributed by atoms with Crippen LogP contribution in [-0.2, 0) is 24.1 Å². The fraction of sp³-hybridized carbons (Fsp3) is 0.421. The lowest BCUT2D eigenvalue weighted by atomic mass is 9.99. The zero-order chi connectivity index (χ0) is 16.1. The average Bonchev–Trinajstić information content (AvgIpc) is 3.03. The minimum atomic E-state index is 0.130. The van der Waals surface area contributed by atoms with Crippen LogP contribution in [0, 0.1) is 0 Å². The number of aryl methyl sites for hydroxylation is 2. The van der Waals surface area contributed by atoms with Crippen molar-refractivity contribution in [2.24, 2.45) is 0 Å². The second-order valence-electron chi connectivity index (χ2n) is 5.97. The summed E-state index contributed by atoms with van der Waals surface area (Å²) >= 11 is 1.68. The Kier molecular flexibility index (Phi) is 5.47. The van der Waals surface area contributed by atoms with Crippen molar-refractivity contribution in [3.05, 3.63) is 57.3 Å². The van der Waals surface area contributed by atoms with E-state index in [-0.39, 0.29) is 5.91 Å². The van der Waals surface area contributed by atoms with Gasteiger partial charge in [-0.25, -0.2) is 0 Å². The lowest BCUT2D eigenvalue weighted by molar-refractivity contribution is 0.0685. The highest BCUT2D eigenvalue weighted by Gasteiger charge is 2.21. The van der Waals surface area contributed by atoms with Gasteiger partial charge in [0.25, 0.3) is 5.91 Å². The van der Waals surface area contributed by atoms with E-state index in [0.29, 0.717) is 19.7 Å². The molecule has 0 N–H and O–H groups in total. The molecule has 0 bridgehead atoms. The van der Waals surface area contributed by atoms with E-state index in [9.17, 15) is 4.79 Å². The van der Waals surface area contributed by atoms with Gasteiger partial charge < -0.3 is 9.64 Å². The molecular weight excluding hydrogens is 306 g/mol. The van der Waals surface area contributed by atoms with Gasteiger partial charge in [0.15, 0.2) is 0 Å². The molecule has 23 heavy (non-hydrogen) atoms. The van der Waals surface area contributed by atoms with Crippen LogP contribution in [0.1, 0.15) is 38.5 Å². The van der Waals surface area contributed by atoms with E-state index in [2.05, 4.69) is 18.2 Å². The van der Waals surface area contributed by atoms with Crippen LogP contribution in [0.2, 0.25) is 0 Å². The second kappa shape index (κ2) is 7.75. The quantitative estimate of drug-likeness (QED) is 0.804. The fourth-order valence-corrected chi connectivity index (χ4v) is 4.23. The third kappa shape index (κ3) is 4.01. The van der Waals surface area contributed by atoms with Gasteiger partial charge in [0.1, 0.15) is 0 Å². The van der Waals surface area contributed by atoms with E-state index in [1.54, 1.807) is 18.4 Å². The number of methoxy groups -OCH3 is 1. The molecule has 0 aliphatic heterocycles. The smallest absolute Gasteiger partial charge is 0.264 e. The number of nitrogens with zero attached hydrogens (tertiary/aromatic N) is 1. The van der Waals surface area contributed by atoms with E-state index in [1.165, 1.54) is 23.3 Å². The van der Waals surface area contributed by atoms with Crippen molar-refractivity contribution in [2.45, 2.75) is 32.2 Å². The van der Waals surface area contributed by atoms with Gasteiger partial charge in [-0.2, -0.15) is 0 Å². The first-order valence-electron chi connectivity index (χ1n) is 8.21. The molecule has 1 aromatic heterocycles. The maximum atomic E-state index is 13.0. The normalized spacial score (nSPS) is 13.6. The summed E-state index contributed by atoms with van der Waals surface area (Å²) in [6.07, 6.45) is 4.74. The molecule has 0 unspecified atom stereocenters. The summed E-state index contributed by atoms with van der Waals surface area (Å²) in [6.45, 7) is 1.81. The number of hydrogen-bond donors (Lipinski definition) is 0. The van der Waals surface area contributed by atoms with Crippen molar-refractivity contribution in [2.75, 3.05) is 20.3 Å². The first-order valence-corrected chi connectivity index (χ1v) is 9.03. The Morgan fingerprint density at radius 3 is 2.74 bits per heavy atom. The van der Waals surface area contributed by atoms with Crippen molar-refractivity contribution >= 4 is 17.2 Å². The van der Waals surface area contributed by atoms with Gasteiger partial charge in [-0.15, -0.1) is 11.3 Å². The summed E-state index contributed by atoms with van der Waals surface area (Å²) in [7, 11) is 1.68. The molecule has 122 valence electrons. The summed E-state index contributed by atoms with van der Waals surface area (Å²) in [5.41, 5.74) is 2.54. The zero-order valence-electron chi connectivity index (χ0n) is 13.6. The maximum Gasteiger partial charge on any atom is 0.264 e. The Bertz CT molecular complexity index is 627. The minimum absolute atomic E-state index is 0.130. The lowest BCUT2D eigenvalue weighted by Gasteiger charge is -2.22. The Hall–Kier alpha value is -1.65. The first-order chi connectivity index (χ1) is 11.3. The number of hydrogen-bond acceptors (Lipinski definition) is 3. The Morgan fingerprint density at radius 1 is 1.22 bits per heavy atom. The number of fused-ring (bicyclic) bond motifs is 1. The molecule has 2 aromatic rings. The molecule has 1 heterocycles. The van der Waals surface area contributed by atoms with Crippen LogP contribution in [-0.4, -0.2) is 31.1 Å². The highest BCUT2D eigenvalue weighted by atomic mass is 32.1. The lowest BCUT2D eigenvalue weighted by Crippen LogP contribution is -2.33. The van der Waals surface area contributed by atoms with Crippen LogP contribution in [0.4, 0.5) is 0 Å². The third-order valence-electron chi connectivity index (χ3n) is 4.28. The van der Waals surface area contributed by atoms with E-state index in [1.807, 2.05) is 23.1 Å². The fourth-order valence-electron chi connectivity index (χ4n) is 3.01. The summed E-state index contributed by atoms with van der Waals surface area (Å²) in [4.78, 5) is 17.1. The molecule has 3 nitrogen and oxygen atoms in total. The zero-order valence-corrected chi connectivity index (χ0v) is 14.4. The number of amides is 1. The number of thiophene rings is 1. The van der Waals surface area contributed by atoms with Crippen molar-refractivity contribution in [3.63, 3.8) is 0 Å². The SMILES string of the molecule is COCCN(Cc1ccccc1)C(=O)c1cc2c(s1)CCCC2. The number of carbonyl (C=O) groups excluding carboxylic acids is 1. The number of benzene rings is 1. The van der Waals surface area contributed by atoms with Crippen LogP contribution >= 0.6 is 11.3 Å². The Labute approximate surface area is 141 Å². The summed E-state index contributed by atoms with van der Waals surface area (Å²) in [6, 6.07) is 12.3. The maximum absolute atomic E-state index is 13.0. The summed E-state index contributed by atoms with van der Waals surface area (Å²) in [5, 5.41) is 0. The van der Waals surface area contributed by atoms with Crippen molar-refractivity contribution < 1.29 is 9.53 Å². The van der Waals surface area contributed by atoms with Gasteiger partial charge in [-0.1, -0.05) is 30.3 Å². The van der Waals surface area contributed by atoms with E-state index in [0.717, 1.165) is 23.3 Å². The molecule has 1 aliphatic rings. The molecule has 0 spiro atoms. The van der Waals surface area contributed by atoms with Crippen LogP contribution in [0.25, 0.3) is 0 Å². The van der Waals surface area contributed by atoms with Crippen LogP contribution < -0.4 is 0 Å². The van der Waals surface area contributed by atoms with Crippen LogP contribution in [0.3, 0.4) is 0 Å². The van der Waals surface area contributed by atoms with E-state index >= 15 is 0 Å². The van der Waals surface area contributed by atoms with Crippen molar-refractivity contribution in [1.82, 2.24) is 4.90 Å². The molecule has 1 aliphatic carbocycles. The van der Waals surface area contributed by atoms with Gasteiger partial charge in [-0.05, 0) is 42.9 Å². The molecule has 1 aromatic carbocycles. The molecule has 4 heteroatoms. The molecular formula is C19H23NO2S. The average molecular weight is 329 g/mol. The summed E-state index contributed by atoms with van der Waals surface area (Å²) < 4.78 is 5.19. The number of ether oxygens (including phenoxy) is 1. The van der Waals surface area contributed by atoms with Gasteiger partial charge in [0.05, 0.1) is 11.5 Å². The molecule has 0 atom stereocenters. The first kappa shape index (κ1) is 16.2. The highest BCUT2D eigenvalue weighted by molar-refractivity contribution is 7.14. The van der Waals surface area contributed by atoms with Crippen LogP contribution in [0.15, 0.2) is 36.4 Å². The predicted octanol–water partition coefficient (Wildman–Crippen LogP) is 3.92. The highest BCUT2D eigenvalue weighted by Crippen LogP contribution is 2.30. The molecule has 0 radical (unpaired) electrons. The van der Waals surface area contributed by atoms with Crippen LogP contribution in [0.5, 0.6) is 0 Å². The standard InChI is InChI=1S/C19H23NO2S/c1-22-12-11-20(14-15-7-3-2-4-8-15)19(21)18-13-16-9-5-6-10-17(16)23-18/h2-4,7-8,13H,5-6,9-12,14H2,1H3. The molecule has 0 saturated heterocycles. The third-order valence-corrected chi connectivity index (χ3v) is 5.50. The second-order valence-corrected chi connectivity index (χ2v) is 7.11. The van der Waals surface area contributed by atoms with E-state index < -0.39 is 0 Å². The minimum Gasteiger partial charge on any atom is -0.383 e. The monoisotopic (exact) mass is 329 g/mol. The Morgan fingerprint density at radius 2 is 2.00 bits per heavy atom. The molecule has 1 amide bonds.